The maximum atomic E-state index is 11.5. The number of carbonyl (C=O) groups excluding carboxylic acids is 2. The lowest BCUT2D eigenvalue weighted by molar-refractivity contribution is -0.141. The van der Waals surface area contributed by atoms with E-state index < -0.39 is 5.97 Å². The van der Waals surface area contributed by atoms with Crippen LogP contribution in [0.5, 0.6) is 0 Å². The number of likely N-dealkylation sites (tertiary alicyclic amines) is 1. The van der Waals surface area contributed by atoms with Gasteiger partial charge in [0.05, 0.1) is 11.8 Å². The molecular formula is C10H11NO4. The highest BCUT2D eigenvalue weighted by Crippen LogP contribution is 2.46. The van der Waals surface area contributed by atoms with Crippen LogP contribution < -0.4 is 0 Å². The standard InChI is InChI=1S/C10H11NO4/c1-5(10(14)15)2-3-11-8(12)6-4-7(6)9(11)13/h2,6-7H,3-4H2,1H3,(H,14,15). The van der Waals surface area contributed by atoms with Crippen molar-refractivity contribution in [1.29, 1.82) is 0 Å². The third kappa shape index (κ3) is 1.54. The Labute approximate surface area is 86.4 Å². The molecule has 5 nitrogen and oxygen atoms in total. The van der Waals surface area contributed by atoms with Gasteiger partial charge < -0.3 is 5.11 Å². The van der Waals surface area contributed by atoms with Crippen LogP contribution in [0.2, 0.25) is 0 Å². The molecule has 0 spiro atoms. The molecular weight excluding hydrogens is 198 g/mol. The Kier molecular flexibility index (Phi) is 2.10. The molecule has 80 valence electrons. The number of amides is 2. The number of rotatable bonds is 3. The number of imide groups is 1. The molecule has 2 aliphatic rings. The van der Waals surface area contributed by atoms with Crippen LogP contribution in [-0.4, -0.2) is 34.3 Å². The summed E-state index contributed by atoms with van der Waals surface area (Å²) in [4.78, 5) is 34.6. The normalized spacial score (nSPS) is 29.4. The average molecular weight is 209 g/mol. The van der Waals surface area contributed by atoms with Crippen LogP contribution in [0.3, 0.4) is 0 Å². The molecule has 0 bridgehead atoms. The molecule has 1 saturated carbocycles. The number of hydrogen-bond acceptors (Lipinski definition) is 3. The smallest absolute Gasteiger partial charge is 0.331 e. The second-order valence-electron chi connectivity index (χ2n) is 3.93. The summed E-state index contributed by atoms with van der Waals surface area (Å²) in [5.74, 6) is -1.56. The molecule has 2 amide bonds. The SMILES string of the molecule is CC(=CCN1C(=O)C2CC2C1=O)C(=O)O. The van der Waals surface area contributed by atoms with E-state index in [0.717, 1.165) is 4.90 Å². The van der Waals surface area contributed by atoms with Gasteiger partial charge in [0.2, 0.25) is 11.8 Å². The number of hydrogen-bond donors (Lipinski definition) is 1. The zero-order chi connectivity index (χ0) is 11.2. The number of carboxylic acid groups (broad SMARTS) is 1. The Morgan fingerprint density at radius 3 is 2.47 bits per heavy atom. The van der Waals surface area contributed by atoms with Gasteiger partial charge in [-0.25, -0.2) is 4.79 Å². The van der Waals surface area contributed by atoms with Crippen molar-refractivity contribution in [3.63, 3.8) is 0 Å². The molecule has 1 saturated heterocycles. The fraction of sp³-hybridized carbons (Fsp3) is 0.500. The van der Waals surface area contributed by atoms with Crippen molar-refractivity contribution in [2.75, 3.05) is 6.54 Å². The van der Waals surface area contributed by atoms with Gasteiger partial charge in [-0.2, -0.15) is 0 Å². The highest BCUT2D eigenvalue weighted by atomic mass is 16.4. The third-order valence-corrected chi connectivity index (χ3v) is 2.87. The van der Waals surface area contributed by atoms with E-state index >= 15 is 0 Å². The van der Waals surface area contributed by atoms with Gasteiger partial charge in [0.15, 0.2) is 0 Å². The van der Waals surface area contributed by atoms with Crippen molar-refractivity contribution >= 4 is 17.8 Å². The minimum absolute atomic E-state index is 0.0861. The number of aliphatic carboxylic acids is 1. The zero-order valence-electron chi connectivity index (χ0n) is 8.27. The largest absolute Gasteiger partial charge is 0.478 e. The summed E-state index contributed by atoms with van der Waals surface area (Å²) >= 11 is 0. The molecule has 0 aromatic heterocycles. The van der Waals surface area contributed by atoms with Crippen LogP contribution in [0.4, 0.5) is 0 Å². The highest BCUT2D eigenvalue weighted by molar-refractivity contribution is 6.09. The molecule has 5 heteroatoms. The second kappa shape index (κ2) is 3.18. The quantitative estimate of drug-likeness (QED) is 0.525. The van der Waals surface area contributed by atoms with E-state index in [1.165, 1.54) is 13.0 Å². The van der Waals surface area contributed by atoms with Crippen LogP contribution >= 0.6 is 0 Å². The van der Waals surface area contributed by atoms with Crippen molar-refractivity contribution < 1.29 is 19.5 Å². The topological polar surface area (TPSA) is 74.7 Å². The monoisotopic (exact) mass is 209 g/mol. The highest BCUT2D eigenvalue weighted by Gasteiger charge is 2.58. The van der Waals surface area contributed by atoms with Crippen LogP contribution in [0.25, 0.3) is 0 Å². The van der Waals surface area contributed by atoms with E-state index in [-0.39, 0.29) is 35.8 Å². The Hall–Kier alpha value is -1.65. The minimum atomic E-state index is -1.03. The van der Waals surface area contributed by atoms with Gasteiger partial charge in [-0.15, -0.1) is 0 Å². The summed E-state index contributed by atoms with van der Waals surface area (Å²) in [7, 11) is 0. The maximum Gasteiger partial charge on any atom is 0.331 e. The number of fused-ring (bicyclic) bond motifs is 1. The number of carboxylic acids is 1. The fourth-order valence-electron chi connectivity index (χ4n) is 1.75. The van der Waals surface area contributed by atoms with Crippen LogP contribution in [-0.2, 0) is 14.4 Å². The zero-order valence-corrected chi connectivity index (χ0v) is 8.27. The Bertz CT molecular complexity index is 365. The van der Waals surface area contributed by atoms with Crippen LogP contribution in [0.15, 0.2) is 11.6 Å². The van der Waals surface area contributed by atoms with Gasteiger partial charge in [-0.3, -0.25) is 14.5 Å². The van der Waals surface area contributed by atoms with Crippen molar-refractivity contribution in [2.45, 2.75) is 13.3 Å². The summed E-state index contributed by atoms with van der Waals surface area (Å²) in [6.07, 6.45) is 2.07. The van der Waals surface area contributed by atoms with Crippen LogP contribution in [0.1, 0.15) is 13.3 Å². The third-order valence-electron chi connectivity index (χ3n) is 2.87. The van der Waals surface area contributed by atoms with Gasteiger partial charge >= 0.3 is 5.97 Å². The molecule has 0 radical (unpaired) electrons. The predicted molar refractivity (Wildman–Crippen MR) is 49.7 cm³/mol. The second-order valence-corrected chi connectivity index (χ2v) is 3.93. The minimum Gasteiger partial charge on any atom is -0.478 e. The maximum absolute atomic E-state index is 11.5. The van der Waals surface area contributed by atoms with Gasteiger partial charge in [-0.1, -0.05) is 6.08 Å². The molecule has 1 N–H and O–H groups in total. The lowest BCUT2D eigenvalue weighted by Gasteiger charge is -2.13. The van der Waals surface area contributed by atoms with Crippen molar-refractivity contribution in [3.8, 4) is 0 Å². The average Bonchev–Trinajstić information content (AvgIpc) is 2.91. The first kappa shape index (κ1) is 9.89. The Morgan fingerprint density at radius 2 is 2.00 bits per heavy atom. The van der Waals surface area contributed by atoms with Gasteiger partial charge in [0, 0.05) is 12.1 Å². The Balaban J connectivity index is 2.02. The number of carbonyl (C=O) groups is 3. The molecule has 2 fully saturated rings. The molecule has 2 unspecified atom stereocenters. The van der Waals surface area contributed by atoms with E-state index in [1.54, 1.807) is 0 Å². The van der Waals surface area contributed by atoms with E-state index in [4.69, 9.17) is 5.11 Å². The fourth-order valence-corrected chi connectivity index (χ4v) is 1.75. The van der Waals surface area contributed by atoms with E-state index in [2.05, 4.69) is 0 Å². The molecule has 1 aliphatic carbocycles. The summed E-state index contributed by atoms with van der Waals surface area (Å²) in [5, 5.41) is 8.59. The predicted octanol–water partition coefficient (Wildman–Crippen LogP) is 0.0222. The summed E-state index contributed by atoms with van der Waals surface area (Å²) in [5.41, 5.74) is 0.149. The molecule has 1 aliphatic heterocycles. The first-order valence-electron chi connectivity index (χ1n) is 4.77. The van der Waals surface area contributed by atoms with Crippen molar-refractivity contribution in [3.05, 3.63) is 11.6 Å². The van der Waals surface area contributed by atoms with Gasteiger partial charge in [-0.05, 0) is 13.3 Å². The van der Waals surface area contributed by atoms with E-state index in [1.807, 2.05) is 0 Å². The number of nitrogens with zero attached hydrogens (tertiary/aromatic N) is 1. The lowest BCUT2D eigenvalue weighted by atomic mass is 10.3. The van der Waals surface area contributed by atoms with Crippen molar-refractivity contribution in [1.82, 2.24) is 4.90 Å². The molecule has 0 aromatic rings. The summed E-state index contributed by atoms with van der Waals surface area (Å²) < 4.78 is 0. The van der Waals surface area contributed by atoms with E-state index in [0.29, 0.717) is 6.42 Å². The van der Waals surface area contributed by atoms with Gasteiger partial charge in [0.25, 0.3) is 0 Å². The summed E-state index contributed by atoms with van der Waals surface area (Å²) in [6.45, 7) is 1.52. The summed E-state index contributed by atoms with van der Waals surface area (Å²) in [6, 6.07) is 0. The number of piperidine rings is 1. The van der Waals surface area contributed by atoms with E-state index in [9.17, 15) is 14.4 Å². The lowest BCUT2D eigenvalue weighted by Crippen LogP contribution is -2.33. The molecule has 2 rings (SSSR count). The Morgan fingerprint density at radius 1 is 1.47 bits per heavy atom. The molecule has 0 aromatic carbocycles. The van der Waals surface area contributed by atoms with Crippen LogP contribution in [0, 0.1) is 11.8 Å². The first-order chi connectivity index (χ1) is 7.02. The van der Waals surface area contributed by atoms with Crippen molar-refractivity contribution in [2.24, 2.45) is 11.8 Å². The van der Waals surface area contributed by atoms with Gasteiger partial charge in [0.1, 0.15) is 0 Å². The first-order valence-corrected chi connectivity index (χ1v) is 4.77. The molecule has 2 atom stereocenters. The molecule has 15 heavy (non-hydrogen) atoms. The molecule has 1 heterocycles.